The lowest BCUT2D eigenvalue weighted by molar-refractivity contribution is -0.115. The average molecular weight is 338 g/mol. The number of amides is 1. The SMILES string of the molecule is Cc1cc(C)c2nc(NC(=O)Cc3ccc(C(C)C)cc3)sc2c1. The highest BCUT2D eigenvalue weighted by molar-refractivity contribution is 7.22. The number of thiazole rings is 1. The Hall–Kier alpha value is -2.20. The first-order valence-corrected chi connectivity index (χ1v) is 9.00. The molecule has 1 aromatic heterocycles. The molecule has 0 saturated carbocycles. The molecule has 0 fully saturated rings. The van der Waals surface area contributed by atoms with Crippen molar-refractivity contribution in [3.05, 3.63) is 58.7 Å². The van der Waals surface area contributed by atoms with Gasteiger partial charge in [0.1, 0.15) is 0 Å². The number of carbonyl (C=O) groups excluding carboxylic acids is 1. The molecule has 0 saturated heterocycles. The van der Waals surface area contributed by atoms with Crippen LogP contribution in [0.4, 0.5) is 5.13 Å². The molecule has 0 spiro atoms. The molecule has 0 aliphatic carbocycles. The Morgan fingerprint density at radius 2 is 1.88 bits per heavy atom. The highest BCUT2D eigenvalue weighted by Gasteiger charge is 2.11. The number of anilines is 1. The molecule has 3 rings (SSSR count). The molecule has 3 nitrogen and oxygen atoms in total. The zero-order valence-corrected chi connectivity index (χ0v) is 15.3. The molecule has 1 amide bonds. The summed E-state index contributed by atoms with van der Waals surface area (Å²) in [4.78, 5) is 16.8. The fraction of sp³-hybridized carbons (Fsp3) is 0.300. The summed E-state index contributed by atoms with van der Waals surface area (Å²) in [6.07, 6.45) is 0.367. The molecule has 1 heterocycles. The number of fused-ring (bicyclic) bond motifs is 1. The van der Waals surface area contributed by atoms with Crippen molar-refractivity contribution < 1.29 is 4.79 Å². The highest BCUT2D eigenvalue weighted by atomic mass is 32.1. The number of benzene rings is 2. The third kappa shape index (κ3) is 3.65. The summed E-state index contributed by atoms with van der Waals surface area (Å²) in [5.41, 5.74) is 5.64. The zero-order chi connectivity index (χ0) is 17.3. The molecule has 0 aliphatic rings. The van der Waals surface area contributed by atoms with Crippen LogP contribution < -0.4 is 5.32 Å². The predicted molar refractivity (Wildman–Crippen MR) is 102 cm³/mol. The highest BCUT2D eigenvalue weighted by Crippen LogP contribution is 2.29. The van der Waals surface area contributed by atoms with E-state index in [4.69, 9.17) is 0 Å². The molecule has 0 unspecified atom stereocenters. The third-order valence-corrected chi connectivity index (χ3v) is 5.01. The topological polar surface area (TPSA) is 42.0 Å². The maximum atomic E-state index is 12.3. The number of nitrogens with one attached hydrogen (secondary N) is 1. The molecule has 0 radical (unpaired) electrons. The zero-order valence-electron chi connectivity index (χ0n) is 14.5. The molecule has 24 heavy (non-hydrogen) atoms. The number of hydrogen-bond donors (Lipinski definition) is 1. The number of rotatable bonds is 4. The van der Waals surface area contributed by atoms with Gasteiger partial charge in [-0.15, -0.1) is 0 Å². The standard InChI is InChI=1S/C20H22N2OS/c1-12(2)16-7-5-15(6-8-16)11-18(23)21-20-22-19-14(4)9-13(3)10-17(19)24-20/h5-10,12H,11H2,1-4H3,(H,21,22,23). The number of aromatic nitrogens is 1. The normalized spacial score (nSPS) is 11.2. The van der Waals surface area contributed by atoms with E-state index in [0.29, 0.717) is 17.5 Å². The van der Waals surface area contributed by atoms with Gasteiger partial charge in [0, 0.05) is 0 Å². The summed E-state index contributed by atoms with van der Waals surface area (Å²) >= 11 is 1.53. The van der Waals surface area contributed by atoms with Crippen molar-refractivity contribution in [2.24, 2.45) is 0 Å². The van der Waals surface area contributed by atoms with Gasteiger partial charge < -0.3 is 5.32 Å². The Kier molecular flexibility index (Phi) is 4.67. The summed E-state index contributed by atoms with van der Waals surface area (Å²) in [5, 5.41) is 3.60. The summed E-state index contributed by atoms with van der Waals surface area (Å²) in [6, 6.07) is 12.5. The second-order valence-corrected chi connectivity index (χ2v) is 7.60. The van der Waals surface area contributed by atoms with E-state index in [2.05, 4.69) is 62.3 Å². The summed E-state index contributed by atoms with van der Waals surface area (Å²) in [5.74, 6) is 0.475. The van der Waals surface area contributed by atoms with Crippen LogP contribution in [0.1, 0.15) is 42.0 Å². The number of hydrogen-bond acceptors (Lipinski definition) is 3. The second kappa shape index (κ2) is 6.73. The molecule has 2 aromatic carbocycles. The molecule has 4 heteroatoms. The first-order chi connectivity index (χ1) is 11.4. The van der Waals surface area contributed by atoms with Crippen LogP contribution in [0.5, 0.6) is 0 Å². The molecule has 124 valence electrons. The van der Waals surface area contributed by atoms with E-state index in [1.807, 2.05) is 12.1 Å². The number of carbonyl (C=O) groups is 1. The van der Waals surface area contributed by atoms with Crippen molar-refractivity contribution in [1.82, 2.24) is 4.98 Å². The van der Waals surface area contributed by atoms with Crippen LogP contribution in [-0.4, -0.2) is 10.9 Å². The molecule has 0 bridgehead atoms. The molecule has 0 atom stereocenters. The minimum Gasteiger partial charge on any atom is -0.302 e. The maximum absolute atomic E-state index is 12.3. The fourth-order valence-electron chi connectivity index (χ4n) is 2.79. The Morgan fingerprint density at radius 3 is 2.54 bits per heavy atom. The Labute approximate surface area is 146 Å². The Balaban J connectivity index is 1.71. The van der Waals surface area contributed by atoms with Crippen LogP contribution in [0.3, 0.4) is 0 Å². The van der Waals surface area contributed by atoms with Gasteiger partial charge >= 0.3 is 0 Å². The van der Waals surface area contributed by atoms with Crippen LogP contribution >= 0.6 is 11.3 Å². The molecule has 3 aromatic rings. The summed E-state index contributed by atoms with van der Waals surface area (Å²) < 4.78 is 1.11. The first kappa shape index (κ1) is 16.7. The van der Waals surface area contributed by atoms with Gasteiger partial charge in [0.15, 0.2) is 5.13 Å². The monoisotopic (exact) mass is 338 g/mol. The van der Waals surface area contributed by atoms with Crippen LogP contribution in [-0.2, 0) is 11.2 Å². The van der Waals surface area contributed by atoms with Gasteiger partial charge in [0.25, 0.3) is 0 Å². The minimum absolute atomic E-state index is 0.0271. The summed E-state index contributed by atoms with van der Waals surface area (Å²) in [6.45, 7) is 8.46. The van der Waals surface area contributed by atoms with Crippen molar-refractivity contribution in [3.8, 4) is 0 Å². The maximum Gasteiger partial charge on any atom is 0.230 e. The molecule has 0 aliphatic heterocycles. The third-order valence-electron chi connectivity index (χ3n) is 4.09. The van der Waals surface area contributed by atoms with E-state index in [9.17, 15) is 4.79 Å². The Morgan fingerprint density at radius 1 is 1.17 bits per heavy atom. The lowest BCUT2D eigenvalue weighted by Crippen LogP contribution is -2.14. The molecular formula is C20H22N2OS. The lowest BCUT2D eigenvalue weighted by atomic mass is 10.0. The lowest BCUT2D eigenvalue weighted by Gasteiger charge is -2.06. The van der Waals surface area contributed by atoms with Crippen LogP contribution in [0, 0.1) is 13.8 Å². The van der Waals surface area contributed by atoms with E-state index < -0.39 is 0 Å². The largest absolute Gasteiger partial charge is 0.302 e. The van der Waals surface area contributed by atoms with Gasteiger partial charge in [-0.1, -0.05) is 55.5 Å². The predicted octanol–water partition coefficient (Wildman–Crippen LogP) is 5.22. The van der Waals surface area contributed by atoms with E-state index in [-0.39, 0.29) is 5.91 Å². The van der Waals surface area contributed by atoms with Gasteiger partial charge in [-0.25, -0.2) is 4.98 Å². The van der Waals surface area contributed by atoms with Crippen LogP contribution in [0.15, 0.2) is 36.4 Å². The quantitative estimate of drug-likeness (QED) is 0.709. The number of aryl methyl sites for hydroxylation is 2. The van der Waals surface area contributed by atoms with Crippen LogP contribution in [0.2, 0.25) is 0 Å². The average Bonchev–Trinajstić information content (AvgIpc) is 2.90. The minimum atomic E-state index is -0.0271. The van der Waals surface area contributed by atoms with Gasteiger partial charge in [-0.05, 0) is 48.1 Å². The number of nitrogens with zero attached hydrogens (tertiary/aromatic N) is 1. The van der Waals surface area contributed by atoms with Crippen molar-refractivity contribution >= 4 is 32.6 Å². The van der Waals surface area contributed by atoms with E-state index >= 15 is 0 Å². The van der Waals surface area contributed by atoms with Crippen molar-refractivity contribution in [3.63, 3.8) is 0 Å². The van der Waals surface area contributed by atoms with Crippen molar-refractivity contribution in [1.29, 1.82) is 0 Å². The van der Waals surface area contributed by atoms with Crippen molar-refractivity contribution in [2.75, 3.05) is 5.32 Å². The van der Waals surface area contributed by atoms with Gasteiger partial charge in [0.05, 0.1) is 16.6 Å². The van der Waals surface area contributed by atoms with Gasteiger partial charge in [0.2, 0.25) is 5.91 Å². The van der Waals surface area contributed by atoms with Crippen molar-refractivity contribution in [2.45, 2.75) is 40.0 Å². The summed E-state index contributed by atoms with van der Waals surface area (Å²) in [7, 11) is 0. The van der Waals surface area contributed by atoms with Gasteiger partial charge in [-0.3, -0.25) is 4.79 Å². The smallest absolute Gasteiger partial charge is 0.230 e. The first-order valence-electron chi connectivity index (χ1n) is 8.19. The van der Waals surface area contributed by atoms with Gasteiger partial charge in [-0.2, -0.15) is 0 Å². The molecular weight excluding hydrogens is 316 g/mol. The van der Waals surface area contributed by atoms with Crippen LogP contribution in [0.25, 0.3) is 10.2 Å². The van der Waals surface area contributed by atoms with E-state index in [0.717, 1.165) is 21.3 Å². The fourth-order valence-corrected chi connectivity index (χ4v) is 3.85. The Bertz CT molecular complexity index is 879. The molecule has 1 N–H and O–H groups in total. The second-order valence-electron chi connectivity index (χ2n) is 6.57. The van der Waals surface area contributed by atoms with E-state index in [1.165, 1.54) is 22.5 Å². The van der Waals surface area contributed by atoms with E-state index in [1.54, 1.807) is 0 Å².